The minimum absolute atomic E-state index is 0.175. The van der Waals surface area contributed by atoms with E-state index in [1.54, 1.807) is 0 Å². The van der Waals surface area contributed by atoms with Crippen molar-refractivity contribution in [3.8, 4) is 11.8 Å². The fourth-order valence-electron chi connectivity index (χ4n) is 0.750. The first-order valence-electron chi connectivity index (χ1n) is 3.62. The fourth-order valence-corrected chi connectivity index (χ4v) is 0.750. The SMILES string of the molecule is CC#CC(C[C@H](N)C(=O)O)C(=O)O. The molecule has 0 heterocycles. The molecule has 0 saturated carbocycles. The van der Waals surface area contributed by atoms with Gasteiger partial charge in [-0.15, -0.1) is 5.92 Å². The summed E-state index contributed by atoms with van der Waals surface area (Å²) in [5, 5.41) is 17.0. The summed E-state index contributed by atoms with van der Waals surface area (Å²) >= 11 is 0. The largest absolute Gasteiger partial charge is 0.480 e. The zero-order valence-electron chi connectivity index (χ0n) is 7.15. The van der Waals surface area contributed by atoms with Crippen LogP contribution in [0.5, 0.6) is 0 Å². The lowest BCUT2D eigenvalue weighted by molar-refractivity contribution is -0.141. The van der Waals surface area contributed by atoms with Gasteiger partial charge < -0.3 is 15.9 Å². The average Bonchev–Trinajstić information content (AvgIpc) is 2.03. The molecule has 0 aliphatic rings. The molecule has 0 bridgehead atoms. The van der Waals surface area contributed by atoms with Crippen LogP contribution in [0.15, 0.2) is 0 Å². The predicted molar refractivity (Wildman–Crippen MR) is 44.8 cm³/mol. The standard InChI is InChI=1S/C8H11NO4/c1-2-3-5(7(10)11)4-6(9)8(12)13/h5-6H,4,9H2,1H3,(H,10,11)(H,12,13)/t5?,6-/m0/s1. The molecule has 5 nitrogen and oxygen atoms in total. The Hall–Kier alpha value is -1.54. The van der Waals surface area contributed by atoms with E-state index in [4.69, 9.17) is 15.9 Å². The number of nitrogens with two attached hydrogens (primary N) is 1. The van der Waals surface area contributed by atoms with Gasteiger partial charge in [0.1, 0.15) is 12.0 Å². The highest BCUT2D eigenvalue weighted by Crippen LogP contribution is 2.04. The Bertz CT molecular complexity index is 263. The minimum atomic E-state index is -1.22. The van der Waals surface area contributed by atoms with Crippen LogP contribution >= 0.6 is 0 Å². The third-order valence-electron chi connectivity index (χ3n) is 1.42. The molecule has 0 amide bonds. The van der Waals surface area contributed by atoms with Crippen molar-refractivity contribution in [3.05, 3.63) is 0 Å². The fraction of sp³-hybridized carbons (Fsp3) is 0.500. The number of carbonyl (C=O) groups is 2. The molecule has 0 rings (SSSR count). The van der Waals surface area contributed by atoms with Crippen LogP contribution in [-0.2, 0) is 9.59 Å². The smallest absolute Gasteiger partial charge is 0.320 e. The monoisotopic (exact) mass is 185 g/mol. The maximum absolute atomic E-state index is 10.5. The lowest BCUT2D eigenvalue weighted by Gasteiger charge is -2.08. The minimum Gasteiger partial charge on any atom is -0.480 e. The summed E-state index contributed by atoms with van der Waals surface area (Å²) in [6.45, 7) is 1.49. The first kappa shape index (κ1) is 11.5. The molecule has 72 valence electrons. The third kappa shape index (κ3) is 4.13. The second kappa shape index (κ2) is 5.17. The van der Waals surface area contributed by atoms with Crippen LogP contribution in [-0.4, -0.2) is 28.2 Å². The van der Waals surface area contributed by atoms with Crippen molar-refractivity contribution in [1.82, 2.24) is 0 Å². The zero-order valence-corrected chi connectivity index (χ0v) is 7.15. The van der Waals surface area contributed by atoms with Gasteiger partial charge >= 0.3 is 11.9 Å². The van der Waals surface area contributed by atoms with Crippen LogP contribution in [0, 0.1) is 17.8 Å². The first-order valence-corrected chi connectivity index (χ1v) is 3.62. The molecule has 0 aliphatic carbocycles. The normalized spacial score (nSPS) is 13.7. The van der Waals surface area contributed by atoms with E-state index in [9.17, 15) is 9.59 Å². The summed E-state index contributed by atoms with van der Waals surface area (Å²) in [5.41, 5.74) is 5.15. The van der Waals surface area contributed by atoms with Crippen molar-refractivity contribution in [1.29, 1.82) is 0 Å². The Labute approximate surface area is 75.5 Å². The summed E-state index contributed by atoms with van der Waals surface area (Å²) in [7, 11) is 0. The predicted octanol–water partition coefficient (Wildman–Crippen LogP) is -0.487. The molecule has 0 saturated heterocycles. The number of carboxylic acid groups (broad SMARTS) is 2. The van der Waals surface area contributed by atoms with Gasteiger partial charge in [0.25, 0.3) is 0 Å². The number of hydrogen-bond donors (Lipinski definition) is 3. The maximum atomic E-state index is 10.5. The Morgan fingerprint density at radius 1 is 1.38 bits per heavy atom. The van der Waals surface area contributed by atoms with Gasteiger partial charge in [0.05, 0.1) is 0 Å². The first-order chi connectivity index (χ1) is 5.99. The molecule has 0 aliphatic heterocycles. The van der Waals surface area contributed by atoms with Crippen LogP contribution in [0.4, 0.5) is 0 Å². The van der Waals surface area contributed by atoms with Crippen molar-refractivity contribution < 1.29 is 19.8 Å². The van der Waals surface area contributed by atoms with Gasteiger partial charge in [-0.3, -0.25) is 9.59 Å². The highest BCUT2D eigenvalue weighted by atomic mass is 16.4. The van der Waals surface area contributed by atoms with Crippen molar-refractivity contribution >= 4 is 11.9 Å². The van der Waals surface area contributed by atoms with Gasteiger partial charge in [0.15, 0.2) is 0 Å². The van der Waals surface area contributed by atoms with Gasteiger partial charge in [-0.25, -0.2) is 0 Å². The summed E-state index contributed by atoms with van der Waals surface area (Å²) in [4.78, 5) is 20.8. The van der Waals surface area contributed by atoms with Crippen molar-refractivity contribution in [3.63, 3.8) is 0 Å². The lowest BCUT2D eigenvalue weighted by Crippen LogP contribution is -2.34. The van der Waals surface area contributed by atoms with Gasteiger partial charge in [-0.2, -0.15) is 0 Å². The summed E-state index contributed by atoms with van der Waals surface area (Å²) in [6, 6.07) is -1.18. The number of hydrogen-bond acceptors (Lipinski definition) is 3. The molecule has 5 heteroatoms. The molecular formula is C8H11NO4. The summed E-state index contributed by atoms with van der Waals surface area (Å²) in [5.74, 6) is 1.42. The summed E-state index contributed by atoms with van der Waals surface area (Å²) < 4.78 is 0. The Morgan fingerprint density at radius 2 is 1.92 bits per heavy atom. The average molecular weight is 185 g/mol. The topological polar surface area (TPSA) is 101 Å². The molecule has 0 aromatic carbocycles. The van der Waals surface area contributed by atoms with Crippen molar-refractivity contribution in [2.45, 2.75) is 19.4 Å². The van der Waals surface area contributed by atoms with E-state index < -0.39 is 23.9 Å². The molecule has 0 radical (unpaired) electrons. The lowest BCUT2D eigenvalue weighted by atomic mass is 10.0. The van der Waals surface area contributed by atoms with Crippen LogP contribution in [0.2, 0.25) is 0 Å². The number of aliphatic carboxylic acids is 2. The second-order valence-electron chi connectivity index (χ2n) is 2.47. The van der Waals surface area contributed by atoms with Crippen molar-refractivity contribution in [2.75, 3.05) is 0 Å². The van der Waals surface area contributed by atoms with Gasteiger partial charge in [0.2, 0.25) is 0 Å². The molecule has 13 heavy (non-hydrogen) atoms. The van der Waals surface area contributed by atoms with Gasteiger partial charge in [0, 0.05) is 0 Å². The quantitative estimate of drug-likeness (QED) is 0.513. The molecule has 0 fully saturated rings. The molecular weight excluding hydrogens is 174 g/mol. The Kier molecular flexibility index (Phi) is 4.55. The zero-order chi connectivity index (χ0) is 10.4. The maximum Gasteiger partial charge on any atom is 0.320 e. The van der Waals surface area contributed by atoms with E-state index in [-0.39, 0.29) is 6.42 Å². The van der Waals surface area contributed by atoms with Crippen molar-refractivity contribution in [2.24, 2.45) is 11.7 Å². The van der Waals surface area contributed by atoms with E-state index in [1.165, 1.54) is 6.92 Å². The second-order valence-corrected chi connectivity index (χ2v) is 2.47. The molecule has 0 spiro atoms. The summed E-state index contributed by atoms with van der Waals surface area (Å²) in [6.07, 6.45) is -0.175. The number of rotatable bonds is 4. The van der Waals surface area contributed by atoms with Gasteiger partial charge in [-0.1, -0.05) is 5.92 Å². The Balaban J connectivity index is 4.32. The highest BCUT2D eigenvalue weighted by Gasteiger charge is 2.22. The van der Waals surface area contributed by atoms with E-state index in [0.717, 1.165) is 0 Å². The molecule has 2 atom stereocenters. The van der Waals surface area contributed by atoms with Crippen LogP contribution in [0.25, 0.3) is 0 Å². The number of carboxylic acids is 2. The van der Waals surface area contributed by atoms with E-state index >= 15 is 0 Å². The van der Waals surface area contributed by atoms with Crippen LogP contribution in [0.1, 0.15) is 13.3 Å². The van der Waals surface area contributed by atoms with E-state index in [2.05, 4.69) is 11.8 Å². The van der Waals surface area contributed by atoms with Gasteiger partial charge in [-0.05, 0) is 13.3 Å². The molecule has 0 aromatic rings. The molecule has 4 N–H and O–H groups in total. The highest BCUT2D eigenvalue weighted by molar-refractivity contribution is 5.77. The molecule has 0 aromatic heterocycles. The van der Waals surface area contributed by atoms with E-state index in [1.807, 2.05) is 0 Å². The van der Waals surface area contributed by atoms with Crippen LogP contribution < -0.4 is 5.73 Å². The van der Waals surface area contributed by atoms with Crippen LogP contribution in [0.3, 0.4) is 0 Å². The Morgan fingerprint density at radius 3 is 2.23 bits per heavy atom. The molecule has 1 unspecified atom stereocenters. The third-order valence-corrected chi connectivity index (χ3v) is 1.42. The van der Waals surface area contributed by atoms with E-state index in [0.29, 0.717) is 0 Å².